The topological polar surface area (TPSA) is 62.3 Å². The second-order valence-corrected chi connectivity index (χ2v) is 5.37. The van der Waals surface area contributed by atoms with Crippen LogP contribution in [0.15, 0.2) is 18.2 Å². The molecule has 2 heterocycles. The molecule has 6 heteroatoms. The van der Waals surface area contributed by atoms with Gasteiger partial charge in [0.2, 0.25) is 0 Å². The van der Waals surface area contributed by atoms with Gasteiger partial charge in [-0.1, -0.05) is 6.07 Å². The summed E-state index contributed by atoms with van der Waals surface area (Å²) in [5.74, 6) is 0. The number of imidazole rings is 1. The smallest absolute Gasteiger partial charge is 0.184 e. The Bertz CT molecular complexity index is 936. The zero-order valence-corrected chi connectivity index (χ0v) is 13.0. The second-order valence-electron chi connectivity index (χ2n) is 4.98. The van der Waals surface area contributed by atoms with Crippen molar-refractivity contribution in [2.45, 2.75) is 27.3 Å². The van der Waals surface area contributed by atoms with Gasteiger partial charge >= 0.3 is 0 Å². The minimum Gasteiger partial charge on any atom is -0.327 e. The Morgan fingerprint density at radius 3 is 2.81 bits per heavy atom. The van der Waals surface area contributed by atoms with Crippen LogP contribution in [0.25, 0.3) is 16.9 Å². The number of nitrogens with one attached hydrogen (secondary N) is 1. The zero-order valence-electron chi connectivity index (χ0n) is 12.1. The van der Waals surface area contributed by atoms with Crippen LogP contribution >= 0.6 is 12.2 Å². The molecule has 0 saturated carbocycles. The van der Waals surface area contributed by atoms with Crippen LogP contribution in [0.5, 0.6) is 0 Å². The largest absolute Gasteiger partial charge is 0.327 e. The molecule has 0 aliphatic carbocycles. The minimum atomic E-state index is 0.617. The number of aryl methyl sites for hydroxylation is 3. The average molecular weight is 297 g/mol. The second kappa shape index (κ2) is 4.86. The van der Waals surface area contributed by atoms with E-state index in [2.05, 4.69) is 16.2 Å². The van der Waals surface area contributed by atoms with Gasteiger partial charge in [0.05, 0.1) is 23.0 Å². The van der Waals surface area contributed by atoms with Crippen molar-refractivity contribution in [2.75, 3.05) is 0 Å². The molecule has 0 atom stereocenters. The number of hydrogen-bond donors (Lipinski definition) is 1. The molecular weight excluding hydrogens is 282 g/mol. The number of rotatable bonds is 2. The first-order valence-electron chi connectivity index (χ1n) is 6.76. The van der Waals surface area contributed by atoms with Gasteiger partial charge in [0.15, 0.2) is 10.4 Å². The summed E-state index contributed by atoms with van der Waals surface area (Å²) in [6, 6.07) is 7.79. The number of aromatic nitrogens is 4. The molecule has 3 aromatic rings. The summed E-state index contributed by atoms with van der Waals surface area (Å²) in [7, 11) is 0. The van der Waals surface area contributed by atoms with Crippen molar-refractivity contribution in [3.63, 3.8) is 0 Å². The van der Waals surface area contributed by atoms with Crippen LogP contribution in [-0.2, 0) is 6.54 Å². The number of H-pyrrole nitrogens is 1. The molecule has 1 aromatic carbocycles. The van der Waals surface area contributed by atoms with Crippen LogP contribution in [0.1, 0.15) is 23.7 Å². The highest BCUT2D eigenvalue weighted by Crippen LogP contribution is 2.24. The molecule has 0 spiro atoms. The molecule has 0 amide bonds. The van der Waals surface area contributed by atoms with E-state index in [0.29, 0.717) is 10.3 Å². The van der Waals surface area contributed by atoms with Crippen LogP contribution in [-0.4, -0.2) is 19.3 Å². The lowest BCUT2D eigenvalue weighted by Crippen LogP contribution is -2.05. The third-order valence-corrected chi connectivity index (χ3v) is 3.91. The molecule has 0 saturated heterocycles. The van der Waals surface area contributed by atoms with Crippen LogP contribution in [0.4, 0.5) is 0 Å². The normalized spacial score (nSPS) is 11.0. The molecule has 21 heavy (non-hydrogen) atoms. The molecule has 1 N–H and O–H groups in total. The van der Waals surface area contributed by atoms with E-state index in [1.165, 1.54) is 0 Å². The Morgan fingerprint density at radius 1 is 1.38 bits per heavy atom. The standard InChI is InChI=1S/C15H15N5S/c1-4-19-14-13(10(3)18-19)17-15(21)20(14)12-7-11(8-16)6-5-9(12)2/h5-7H,4H2,1-3H3,(H,17,21). The van der Waals surface area contributed by atoms with E-state index in [4.69, 9.17) is 17.5 Å². The van der Waals surface area contributed by atoms with Gasteiger partial charge in [-0.3, -0.25) is 4.57 Å². The van der Waals surface area contributed by atoms with E-state index in [1.54, 1.807) is 0 Å². The van der Waals surface area contributed by atoms with E-state index in [1.807, 2.05) is 48.2 Å². The van der Waals surface area contributed by atoms with Gasteiger partial charge in [-0.15, -0.1) is 0 Å². The number of aromatic amines is 1. The van der Waals surface area contributed by atoms with E-state index in [9.17, 15) is 0 Å². The molecular formula is C15H15N5S. The molecule has 0 bridgehead atoms. The lowest BCUT2D eigenvalue weighted by Gasteiger charge is -2.09. The molecule has 0 aliphatic rings. The molecule has 106 valence electrons. The van der Waals surface area contributed by atoms with Crippen molar-refractivity contribution in [3.8, 4) is 11.8 Å². The fourth-order valence-electron chi connectivity index (χ4n) is 2.57. The monoisotopic (exact) mass is 297 g/mol. The Hall–Kier alpha value is -2.39. The molecule has 2 aromatic heterocycles. The quantitative estimate of drug-likeness (QED) is 0.737. The van der Waals surface area contributed by atoms with Gasteiger partial charge in [0.1, 0.15) is 5.52 Å². The van der Waals surface area contributed by atoms with Gasteiger partial charge in [-0.2, -0.15) is 10.4 Å². The van der Waals surface area contributed by atoms with Crippen molar-refractivity contribution in [3.05, 3.63) is 39.8 Å². The van der Waals surface area contributed by atoms with E-state index >= 15 is 0 Å². The predicted octanol–water partition coefficient (Wildman–Crippen LogP) is 3.39. The summed E-state index contributed by atoms with van der Waals surface area (Å²) in [5, 5.41) is 13.6. The number of hydrogen-bond acceptors (Lipinski definition) is 3. The first-order chi connectivity index (χ1) is 10.1. The maximum absolute atomic E-state index is 9.13. The maximum Gasteiger partial charge on any atom is 0.184 e. The number of nitriles is 1. The van der Waals surface area contributed by atoms with Crippen LogP contribution in [0, 0.1) is 29.9 Å². The zero-order chi connectivity index (χ0) is 15.1. The highest BCUT2D eigenvalue weighted by atomic mass is 32.1. The summed E-state index contributed by atoms with van der Waals surface area (Å²) < 4.78 is 4.51. The van der Waals surface area contributed by atoms with Gasteiger partial charge in [-0.25, -0.2) is 4.68 Å². The van der Waals surface area contributed by atoms with E-state index < -0.39 is 0 Å². The Labute approximate surface area is 127 Å². The summed E-state index contributed by atoms with van der Waals surface area (Å²) >= 11 is 5.48. The fraction of sp³-hybridized carbons (Fsp3) is 0.267. The highest BCUT2D eigenvalue weighted by molar-refractivity contribution is 7.71. The lowest BCUT2D eigenvalue weighted by atomic mass is 10.1. The van der Waals surface area contributed by atoms with Gasteiger partial charge in [0, 0.05) is 6.54 Å². The Morgan fingerprint density at radius 2 is 2.14 bits per heavy atom. The van der Waals surface area contributed by atoms with E-state index in [-0.39, 0.29) is 0 Å². The van der Waals surface area contributed by atoms with Crippen molar-refractivity contribution in [1.82, 2.24) is 19.3 Å². The third-order valence-electron chi connectivity index (χ3n) is 3.63. The summed E-state index contributed by atoms with van der Waals surface area (Å²) in [5.41, 5.74) is 5.41. The molecule has 0 aliphatic heterocycles. The highest BCUT2D eigenvalue weighted by Gasteiger charge is 2.16. The molecule has 0 unspecified atom stereocenters. The minimum absolute atomic E-state index is 0.617. The Balaban J connectivity index is 2.43. The van der Waals surface area contributed by atoms with Gasteiger partial charge < -0.3 is 4.98 Å². The summed E-state index contributed by atoms with van der Waals surface area (Å²) in [4.78, 5) is 3.22. The molecule has 3 rings (SSSR count). The number of nitrogens with zero attached hydrogens (tertiary/aromatic N) is 4. The first-order valence-corrected chi connectivity index (χ1v) is 7.17. The van der Waals surface area contributed by atoms with Crippen LogP contribution < -0.4 is 0 Å². The Kier molecular flexibility index (Phi) is 3.15. The number of fused-ring (bicyclic) bond motifs is 1. The van der Waals surface area contributed by atoms with E-state index in [0.717, 1.165) is 34.7 Å². The molecule has 0 fully saturated rings. The summed E-state index contributed by atoms with van der Waals surface area (Å²) in [6.45, 7) is 6.78. The van der Waals surface area contributed by atoms with Crippen molar-refractivity contribution < 1.29 is 0 Å². The molecule has 5 nitrogen and oxygen atoms in total. The summed E-state index contributed by atoms with van der Waals surface area (Å²) in [6.07, 6.45) is 0. The van der Waals surface area contributed by atoms with Crippen molar-refractivity contribution in [2.24, 2.45) is 0 Å². The average Bonchev–Trinajstić information content (AvgIpc) is 2.96. The predicted molar refractivity (Wildman–Crippen MR) is 84.1 cm³/mol. The third kappa shape index (κ3) is 1.98. The maximum atomic E-state index is 9.13. The molecule has 0 radical (unpaired) electrons. The van der Waals surface area contributed by atoms with Crippen LogP contribution in [0.3, 0.4) is 0 Å². The van der Waals surface area contributed by atoms with Gasteiger partial charge in [-0.05, 0) is 50.7 Å². The van der Waals surface area contributed by atoms with Crippen LogP contribution in [0.2, 0.25) is 0 Å². The lowest BCUT2D eigenvalue weighted by molar-refractivity contribution is 0.661. The fourth-order valence-corrected chi connectivity index (χ4v) is 2.85. The number of benzene rings is 1. The SMILES string of the molecule is CCn1nc(C)c2[nH]c(=S)n(-c3cc(C#N)ccc3C)c21. The van der Waals surface area contributed by atoms with Crippen molar-refractivity contribution in [1.29, 1.82) is 5.26 Å². The van der Waals surface area contributed by atoms with Gasteiger partial charge in [0.25, 0.3) is 0 Å². The first kappa shape index (κ1) is 13.6. The van der Waals surface area contributed by atoms with Crippen molar-refractivity contribution >= 4 is 23.4 Å².